The van der Waals surface area contributed by atoms with Crippen LogP contribution in [0.5, 0.6) is 0 Å². The van der Waals surface area contributed by atoms with Gasteiger partial charge in [-0.2, -0.15) is 0 Å². The van der Waals surface area contributed by atoms with Gasteiger partial charge in [-0.1, -0.05) is 0 Å². The van der Waals surface area contributed by atoms with Crippen LogP contribution < -0.4 is 0 Å². The van der Waals surface area contributed by atoms with Crippen molar-refractivity contribution in [3.63, 3.8) is 0 Å². The molecule has 86 valence electrons. The number of rotatable bonds is 3. The number of piperidine rings is 1. The Labute approximate surface area is 85.2 Å². The molecule has 1 heterocycles. The lowest BCUT2D eigenvalue weighted by Gasteiger charge is -2.27. The van der Waals surface area contributed by atoms with Crippen molar-refractivity contribution in [3.05, 3.63) is 0 Å². The van der Waals surface area contributed by atoms with E-state index in [9.17, 15) is 22.8 Å². The first-order valence-electron chi connectivity index (χ1n) is 4.71. The van der Waals surface area contributed by atoms with Gasteiger partial charge in [-0.3, -0.25) is 9.59 Å². The zero-order valence-corrected chi connectivity index (χ0v) is 8.09. The Balaban J connectivity index is 2.49. The minimum absolute atomic E-state index is 0.00301. The normalized spacial score (nSPS) is 21.3. The van der Waals surface area contributed by atoms with Gasteiger partial charge in [-0.05, 0) is 0 Å². The van der Waals surface area contributed by atoms with Gasteiger partial charge < -0.3 is 4.90 Å². The predicted molar refractivity (Wildman–Crippen MR) is 46.6 cm³/mol. The van der Waals surface area contributed by atoms with Crippen molar-refractivity contribution in [3.8, 4) is 0 Å². The van der Waals surface area contributed by atoms with Crippen molar-refractivity contribution in [2.75, 3.05) is 19.8 Å². The van der Waals surface area contributed by atoms with Crippen LogP contribution in [-0.2, 0) is 9.59 Å². The van der Waals surface area contributed by atoms with Crippen molar-refractivity contribution in [1.82, 2.24) is 4.90 Å². The van der Waals surface area contributed by atoms with E-state index >= 15 is 0 Å². The number of amides is 1. The SMILES string of the molecule is O=C1CCN(C(=O)C(F)C(F)CF)CC1. The van der Waals surface area contributed by atoms with Gasteiger partial charge >= 0.3 is 0 Å². The molecule has 0 N–H and O–H groups in total. The summed E-state index contributed by atoms with van der Waals surface area (Å²) in [5.74, 6) is -1.07. The van der Waals surface area contributed by atoms with Crippen molar-refractivity contribution in [2.45, 2.75) is 25.2 Å². The standard InChI is InChI=1S/C9H12F3NO2/c10-5-7(11)8(12)9(15)13-3-1-6(14)2-4-13/h7-8H,1-5H2. The molecule has 3 nitrogen and oxygen atoms in total. The van der Waals surface area contributed by atoms with Gasteiger partial charge in [-0.25, -0.2) is 13.2 Å². The van der Waals surface area contributed by atoms with E-state index in [1.165, 1.54) is 0 Å². The Morgan fingerprint density at radius 2 is 1.87 bits per heavy atom. The highest BCUT2D eigenvalue weighted by atomic mass is 19.2. The molecule has 1 saturated heterocycles. The molecule has 0 aromatic carbocycles. The molecule has 2 atom stereocenters. The van der Waals surface area contributed by atoms with E-state index in [0.717, 1.165) is 4.90 Å². The summed E-state index contributed by atoms with van der Waals surface area (Å²) >= 11 is 0. The number of likely N-dealkylation sites (tertiary alicyclic amines) is 1. The van der Waals surface area contributed by atoms with Gasteiger partial charge in [0.2, 0.25) is 6.17 Å². The fourth-order valence-corrected chi connectivity index (χ4v) is 1.38. The molecular formula is C9H12F3NO2. The van der Waals surface area contributed by atoms with E-state index in [1.54, 1.807) is 0 Å². The second-order valence-electron chi connectivity index (χ2n) is 3.44. The second-order valence-corrected chi connectivity index (χ2v) is 3.44. The first kappa shape index (κ1) is 12.0. The summed E-state index contributed by atoms with van der Waals surface area (Å²) < 4.78 is 37.3. The smallest absolute Gasteiger partial charge is 0.260 e. The lowest BCUT2D eigenvalue weighted by Crippen LogP contribution is -2.45. The van der Waals surface area contributed by atoms with Gasteiger partial charge in [0.1, 0.15) is 12.5 Å². The average molecular weight is 223 g/mol. The fraction of sp³-hybridized carbons (Fsp3) is 0.778. The van der Waals surface area contributed by atoms with E-state index in [4.69, 9.17) is 0 Å². The third-order valence-corrected chi connectivity index (χ3v) is 2.33. The van der Waals surface area contributed by atoms with Crippen LogP contribution in [0.4, 0.5) is 13.2 Å². The van der Waals surface area contributed by atoms with Crippen LogP contribution in [-0.4, -0.2) is 48.7 Å². The quantitative estimate of drug-likeness (QED) is 0.710. The summed E-state index contributed by atoms with van der Waals surface area (Å²) in [5.41, 5.74) is 0. The lowest BCUT2D eigenvalue weighted by atomic mass is 10.1. The van der Waals surface area contributed by atoms with Crippen molar-refractivity contribution in [1.29, 1.82) is 0 Å². The number of carbonyl (C=O) groups excluding carboxylic acids is 2. The Hall–Kier alpha value is -1.07. The third kappa shape index (κ3) is 2.94. The summed E-state index contributed by atoms with van der Waals surface area (Å²) in [6.07, 6.45) is -4.55. The maximum atomic E-state index is 13.0. The summed E-state index contributed by atoms with van der Waals surface area (Å²) in [4.78, 5) is 23.1. The molecule has 0 radical (unpaired) electrons. The van der Waals surface area contributed by atoms with E-state index in [1.807, 2.05) is 0 Å². The van der Waals surface area contributed by atoms with Gasteiger partial charge in [0.25, 0.3) is 5.91 Å². The van der Waals surface area contributed by atoms with E-state index < -0.39 is 24.9 Å². The molecule has 6 heteroatoms. The molecule has 0 aromatic heterocycles. The summed E-state index contributed by atoms with van der Waals surface area (Å²) in [6.45, 7) is -1.33. The van der Waals surface area contributed by atoms with Crippen LogP contribution in [0.2, 0.25) is 0 Å². The Bertz CT molecular complexity index is 250. The zero-order chi connectivity index (χ0) is 11.4. The minimum Gasteiger partial charge on any atom is -0.339 e. The van der Waals surface area contributed by atoms with Crippen LogP contribution in [0, 0.1) is 0 Å². The number of hydrogen-bond donors (Lipinski definition) is 0. The lowest BCUT2D eigenvalue weighted by molar-refractivity contribution is -0.141. The second kappa shape index (κ2) is 5.14. The molecule has 0 aromatic rings. The van der Waals surface area contributed by atoms with Gasteiger partial charge in [0.15, 0.2) is 6.17 Å². The van der Waals surface area contributed by atoms with Crippen LogP contribution in [0.3, 0.4) is 0 Å². The highest BCUT2D eigenvalue weighted by Gasteiger charge is 2.33. The topological polar surface area (TPSA) is 37.4 Å². The summed E-state index contributed by atoms with van der Waals surface area (Å²) in [5, 5.41) is 0. The molecule has 2 unspecified atom stereocenters. The fourth-order valence-electron chi connectivity index (χ4n) is 1.38. The maximum absolute atomic E-state index is 13.0. The highest BCUT2D eigenvalue weighted by molar-refractivity contribution is 5.85. The number of alkyl halides is 3. The first-order chi connectivity index (χ1) is 7.06. The molecule has 1 fully saturated rings. The average Bonchev–Trinajstić information content (AvgIpc) is 2.27. The third-order valence-electron chi connectivity index (χ3n) is 2.33. The van der Waals surface area contributed by atoms with E-state index in [-0.39, 0.29) is 31.7 Å². The molecule has 1 aliphatic rings. The maximum Gasteiger partial charge on any atom is 0.260 e. The van der Waals surface area contributed by atoms with Crippen molar-refractivity contribution < 1.29 is 22.8 Å². The van der Waals surface area contributed by atoms with Crippen LogP contribution in [0.25, 0.3) is 0 Å². The molecule has 0 aliphatic carbocycles. The van der Waals surface area contributed by atoms with Crippen molar-refractivity contribution in [2.24, 2.45) is 0 Å². The summed E-state index contributed by atoms with van der Waals surface area (Å²) in [6, 6.07) is 0. The molecule has 1 aliphatic heterocycles. The molecule has 0 bridgehead atoms. The zero-order valence-electron chi connectivity index (χ0n) is 8.09. The molecule has 15 heavy (non-hydrogen) atoms. The highest BCUT2D eigenvalue weighted by Crippen LogP contribution is 2.13. The van der Waals surface area contributed by atoms with Gasteiger partial charge in [0.05, 0.1) is 0 Å². The van der Waals surface area contributed by atoms with Gasteiger partial charge in [0, 0.05) is 25.9 Å². The number of halogens is 3. The Kier molecular flexibility index (Phi) is 4.11. The molecule has 1 rings (SSSR count). The Morgan fingerprint density at radius 3 is 2.33 bits per heavy atom. The van der Waals surface area contributed by atoms with E-state index in [0.29, 0.717) is 0 Å². The summed E-state index contributed by atoms with van der Waals surface area (Å²) in [7, 11) is 0. The minimum atomic E-state index is -2.46. The number of nitrogens with zero attached hydrogens (tertiary/aromatic N) is 1. The number of hydrogen-bond acceptors (Lipinski definition) is 2. The molecular weight excluding hydrogens is 211 g/mol. The number of ketones is 1. The largest absolute Gasteiger partial charge is 0.339 e. The van der Waals surface area contributed by atoms with Crippen LogP contribution >= 0.6 is 0 Å². The molecule has 1 amide bonds. The Morgan fingerprint density at radius 1 is 1.33 bits per heavy atom. The van der Waals surface area contributed by atoms with Crippen LogP contribution in [0.15, 0.2) is 0 Å². The van der Waals surface area contributed by atoms with Gasteiger partial charge in [-0.15, -0.1) is 0 Å². The monoisotopic (exact) mass is 223 g/mol. The van der Waals surface area contributed by atoms with Crippen molar-refractivity contribution >= 4 is 11.7 Å². The van der Waals surface area contributed by atoms with Crippen LogP contribution in [0.1, 0.15) is 12.8 Å². The number of carbonyl (C=O) groups is 2. The predicted octanol–water partition coefficient (Wildman–Crippen LogP) is 0.824. The first-order valence-corrected chi connectivity index (χ1v) is 4.71. The number of Topliss-reactive ketones (excluding diaryl/α,β-unsaturated/α-hetero) is 1. The van der Waals surface area contributed by atoms with E-state index in [2.05, 4.69) is 0 Å². The molecule has 0 saturated carbocycles. The molecule has 0 spiro atoms.